The molecule has 0 unspecified atom stereocenters. The number of halogens is 1. The second kappa shape index (κ2) is 12.3. The maximum atomic E-state index is 14.6. The van der Waals surface area contributed by atoms with E-state index in [1.54, 1.807) is 54.1 Å². The monoisotopic (exact) mass is 540 g/mol. The number of thioether (sulfide) groups is 1. The van der Waals surface area contributed by atoms with Crippen molar-refractivity contribution in [1.29, 1.82) is 0 Å². The molecule has 0 spiro atoms. The summed E-state index contributed by atoms with van der Waals surface area (Å²) in [6.07, 6.45) is 0. The van der Waals surface area contributed by atoms with Crippen LogP contribution in [0, 0.1) is 5.82 Å². The largest absolute Gasteiger partial charge is 0.497 e. The minimum Gasteiger partial charge on any atom is -0.497 e. The minimum atomic E-state index is -0.412. The second-order valence-corrected chi connectivity index (χ2v) is 9.40. The maximum absolute atomic E-state index is 14.6. The van der Waals surface area contributed by atoms with Gasteiger partial charge in [-0.05, 0) is 66.2 Å². The normalized spacial score (nSPS) is 10.7. The highest BCUT2D eigenvalue weighted by Gasteiger charge is 2.19. The molecule has 9 heteroatoms. The van der Waals surface area contributed by atoms with E-state index in [-0.39, 0.29) is 11.7 Å². The van der Waals surface area contributed by atoms with Crippen molar-refractivity contribution in [3.05, 3.63) is 115 Å². The number of ether oxygens (including phenoxy) is 2. The molecule has 0 atom stereocenters. The zero-order chi connectivity index (χ0) is 27.0. The van der Waals surface area contributed by atoms with Gasteiger partial charge in [0.2, 0.25) is 5.91 Å². The fourth-order valence-corrected chi connectivity index (χ4v) is 4.60. The molecule has 1 heterocycles. The summed E-state index contributed by atoms with van der Waals surface area (Å²) in [6, 6.07) is 30.8. The van der Waals surface area contributed by atoms with Crippen LogP contribution in [0.25, 0.3) is 17.1 Å². The van der Waals surface area contributed by atoms with Crippen LogP contribution in [-0.2, 0) is 11.4 Å². The number of aromatic nitrogens is 3. The Morgan fingerprint density at radius 1 is 0.872 bits per heavy atom. The van der Waals surface area contributed by atoms with E-state index in [0.29, 0.717) is 46.0 Å². The van der Waals surface area contributed by atoms with Crippen LogP contribution >= 0.6 is 11.8 Å². The van der Waals surface area contributed by atoms with E-state index in [2.05, 4.69) is 15.5 Å². The van der Waals surface area contributed by atoms with Crippen molar-refractivity contribution < 1.29 is 18.7 Å². The molecule has 7 nitrogen and oxygen atoms in total. The molecule has 0 saturated carbocycles. The molecule has 39 heavy (non-hydrogen) atoms. The lowest BCUT2D eigenvalue weighted by atomic mass is 10.2. The molecule has 0 aliphatic heterocycles. The third-order valence-corrected chi connectivity index (χ3v) is 6.73. The summed E-state index contributed by atoms with van der Waals surface area (Å²) < 4.78 is 27.4. The molecular formula is C30H25FN4O3S. The molecule has 4 aromatic carbocycles. The van der Waals surface area contributed by atoms with Crippen LogP contribution in [0.5, 0.6) is 11.5 Å². The molecule has 196 valence electrons. The topological polar surface area (TPSA) is 78.3 Å². The number of nitrogens with zero attached hydrogens (tertiary/aromatic N) is 3. The first-order chi connectivity index (χ1) is 19.1. The van der Waals surface area contributed by atoms with Gasteiger partial charge in [-0.3, -0.25) is 9.36 Å². The van der Waals surface area contributed by atoms with Gasteiger partial charge < -0.3 is 14.8 Å². The zero-order valence-electron chi connectivity index (χ0n) is 21.1. The fraction of sp³-hybridized carbons (Fsp3) is 0.100. The lowest BCUT2D eigenvalue weighted by Gasteiger charge is -2.12. The van der Waals surface area contributed by atoms with E-state index in [1.165, 1.54) is 17.8 Å². The molecule has 0 saturated heterocycles. The van der Waals surface area contributed by atoms with Crippen molar-refractivity contribution in [2.24, 2.45) is 0 Å². The fourth-order valence-electron chi connectivity index (χ4n) is 3.85. The van der Waals surface area contributed by atoms with E-state index in [1.807, 2.05) is 54.6 Å². The van der Waals surface area contributed by atoms with Crippen molar-refractivity contribution in [1.82, 2.24) is 14.8 Å². The predicted octanol–water partition coefficient (Wildman–Crippen LogP) is 6.39. The lowest BCUT2D eigenvalue weighted by molar-refractivity contribution is -0.113. The second-order valence-electron chi connectivity index (χ2n) is 8.45. The van der Waals surface area contributed by atoms with Crippen LogP contribution in [0.15, 0.2) is 108 Å². The van der Waals surface area contributed by atoms with E-state index >= 15 is 0 Å². The number of carbonyl (C=O) groups excluding carboxylic acids is 1. The number of benzene rings is 4. The molecule has 1 N–H and O–H groups in total. The highest BCUT2D eigenvalue weighted by Crippen LogP contribution is 2.30. The first-order valence-corrected chi connectivity index (χ1v) is 13.1. The molecule has 0 aliphatic rings. The van der Waals surface area contributed by atoms with Gasteiger partial charge in [-0.1, -0.05) is 54.2 Å². The van der Waals surface area contributed by atoms with Gasteiger partial charge in [0.05, 0.1) is 24.1 Å². The van der Waals surface area contributed by atoms with Gasteiger partial charge in [0, 0.05) is 5.69 Å². The number of methoxy groups -OCH3 is 1. The Morgan fingerprint density at radius 3 is 2.28 bits per heavy atom. The predicted molar refractivity (Wildman–Crippen MR) is 150 cm³/mol. The van der Waals surface area contributed by atoms with Crippen molar-refractivity contribution in [2.45, 2.75) is 11.8 Å². The minimum absolute atomic E-state index is 0.0812. The number of nitrogens with one attached hydrogen (secondary N) is 1. The van der Waals surface area contributed by atoms with Crippen molar-refractivity contribution >= 4 is 23.4 Å². The summed E-state index contributed by atoms with van der Waals surface area (Å²) >= 11 is 1.21. The average Bonchev–Trinajstić information content (AvgIpc) is 3.40. The lowest BCUT2D eigenvalue weighted by Crippen LogP contribution is -2.14. The Labute approximate surface area is 229 Å². The van der Waals surface area contributed by atoms with Gasteiger partial charge in [0.1, 0.15) is 23.9 Å². The molecule has 0 radical (unpaired) electrons. The quantitative estimate of drug-likeness (QED) is 0.207. The zero-order valence-corrected chi connectivity index (χ0v) is 21.9. The van der Waals surface area contributed by atoms with Crippen molar-refractivity contribution in [3.63, 3.8) is 0 Å². The standard InChI is InChI=1S/C30H25FN4O3S/c1-37-24-17-13-23(14-18-24)35-29(26-9-5-6-10-27(26)31)33-34-30(35)39-20-28(36)32-22-11-15-25(16-12-22)38-19-21-7-3-2-4-8-21/h2-18H,19-20H2,1H3,(H,32,36). The van der Waals surface area contributed by atoms with E-state index in [0.717, 1.165) is 5.56 Å². The van der Waals surface area contributed by atoms with Gasteiger partial charge in [-0.15, -0.1) is 10.2 Å². The van der Waals surface area contributed by atoms with Crippen LogP contribution in [0.1, 0.15) is 5.56 Å². The van der Waals surface area contributed by atoms with Gasteiger partial charge in [-0.2, -0.15) is 0 Å². The van der Waals surface area contributed by atoms with Gasteiger partial charge >= 0.3 is 0 Å². The Balaban J connectivity index is 1.27. The van der Waals surface area contributed by atoms with Gasteiger partial charge in [-0.25, -0.2) is 4.39 Å². The molecule has 5 aromatic rings. The van der Waals surface area contributed by atoms with Crippen molar-refractivity contribution in [3.8, 4) is 28.6 Å². The SMILES string of the molecule is COc1ccc(-n2c(SCC(=O)Nc3ccc(OCc4ccccc4)cc3)nnc2-c2ccccc2F)cc1. The molecule has 0 aliphatic carbocycles. The van der Waals surface area contributed by atoms with E-state index in [4.69, 9.17) is 9.47 Å². The highest BCUT2D eigenvalue weighted by atomic mass is 32.2. The molecule has 1 amide bonds. The molecule has 1 aromatic heterocycles. The first kappa shape index (κ1) is 26.0. The molecule has 0 bridgehead atoms. The maximum Gasteiger partial charge on any atom is 0.234 e. The summed E-state index contributed by atoms with van der Waals surface area (Å²) in [5.41, 5.74) is 2.75. The van der Waals surface area contributed by atoms with Crippen LogP contribution in [-0.4, -0.2) is 33.5 Å². The number of hydrogen-bond donors (Lipinski definition) is 1. The van der Waals surface area contributed by atoms with E-state index < -0.39 is 5.82 Å². The Kier molecular flexibility index (Phi) is 8.18. The Hall–Kier alpha value is -4.63. The smallest absolute Gasteiger partial charge is 0.234 e. The molecule has 5 rings (SSSR count). The summed E-state index contributed by atoms with van der Waals surface area (Å²) in [5, 5.41) is 11.9. The number of carbonyl (C=O) groups is 1. The van der Waals surface area contributed by atoms with Crippen LogP contribution < -0.4 is 14.8 Å². The molecule has 0 fully saturated rings. The molecular weight excluding hydrogens is 515 g/mol. The van der Waals surface area contributed by atoms with Gasteiger partial charge in [0.25, 0.3) is 0 Å². The summed E-state index contributed by atoms with van der Waals surface area (Å²) in [7, 11) is 1.59. The Morgan fingerprint density at radius 2 is 1.56 bits per heavy atom. The number of hydrogen-bond acceptors (Lipinski definition) is 6. The average molecular weight is 541 g/mol. The summed E-state index contributed by atoms with van der Waals surface area (Å²) in [4.78, 5) is 12.7. The van der Waals surface area contributed by atoms with E-state index in [9.17, 15) is 9.18 Å². The number of rotatable bonds is 10. The van der Waals surface area contributed by atoms with Crippen LogP contribution in [0.4, 0.5) is 10.1 Å². The van der Waals surface area contributed by atoms with Crippen molar-refractivity contribution in [2.75, 3.05) is 18.2 Å². The Bertz CT molecular complexity index is 1540. The first-order valence-electron chi connectivity index (χ1n) is 12.1. The number of anilines is 1. The van der Waals surface area contributed by atoms with Crippen LogP contribution in [0.3, 0.4) is 0 Å². The van der Waals surface area contributed by atoms with Gasteiger partial charge in [0.15, 0.2) is 11.0 Å². The highest BCUT2D eigenvalue weighted by molar-refractivity contribution is 7.99. The number of amides is 1. The third-order valence-electron chi connectivity index (χ3n) is 5.80. The summed E-state index contributed by atoms with van der Waals surface area (Å²) in [5.74, 6) is 1.19. The van der Waals surface area contributed by atoms with Crippen LogP contribution in [0.2, 0.25) is 0 Å². The third kappa shape index (κ3) is 6.45. The summed E-state index contributed by atoms with van der Waals surface area (Å²) in [6.45, 7) is 0.465.